The van der Waals surface area contributed by atoms with Crippen LogP contribution < -0.4 is 0 Å². The van der Waals surface area contributed by atoms with Gasteiger partial charge in [0.2, 0.25) is 0 Å². The highest BCUT2D eigenvalue weighted by atomic mass is 32.1. The number of rotatable bonds is 0. The topological polar surface area (TPSA) is 3.24 Å². The van der Waals surface area contributed by atoms with Gasteiger partial charge >= 0.3 is 0 Å². The third-order valence-corrected chi connectivity index (χ3v) is 4.56. The Hall–Kier alpha value is -0.340. The summed E-state index contributed by atoms with van der Waals surface area (Å²) in [6.07, 6.45) is 1.25. The SMILES string of the molecule is Cc1sc2c(c1C)C(C)N(C)CC2. The first-order valence-corrected chi connectivity index (χ1v) is 5.72. The maximum atomic E-state index is 2.45. The predicted molar refractivity (Wildman–Crippen MR) is 58.5 cm³/mol. The van der Waals surface area contributed by atoms with E-state index in [0.717, 1.165) is 0 Å². The van der Waals surface area contributed by atoms with Crippen molar-refractivity contribution in [3.05, 3.63) is 20.9 Å². The summed E-state index contributed by atoms with van der Waals surface area (Å²) >= 11 is 2.00. The van der Waals surface area contributed by atoms with Gasteiger partial charge < -0.3 is 0 Å². The molecule has 2 heteroatoms. The molecule has 1 nitrogen and oxygen atoms in total. The van der Waals surface area contributed by atoms with E-state index in [4.69, 9.17) is 0 Å². The van der Waals surface area contributed by atoms with Crippen LogP contribution in [0.5, 0.6) is 0 Å². The van der Waals surface area contributed by atoms with Crippen LogP contribution in [0.25, 0.3) is 0 Å². The number of likely N-dealkylation sites (N-methyl/N-ethyl adjacent to an activating group) is 1. The van der Waals surface area contributed by atoms with E-state index in [1.165, 1.54) is 23.4 Å². The molecule has 0 aliphatic carbocycles. The van der Waals surface area contributed by atoms with E-state index >= 15 is 0 Å². The van der Waals surface area contributed by atoms with Crippen molar-refractivity contribution < 1.29 is 0 Å². The van der Waals surface area contributed by atoms with Gasteiger partial charge in [0.25, 0.3) is 0 Å². The highest BCUT2D eigenvalue weighted by Gasteiger charge is 2.25. The zero-order valence-corrected chi connectivity index (χ0v) is 9.66. The molecule has 0 aromatic carbocycles. The third kappa shape index (κ3) is 1.32. The van der Waals surface area contributed by atoms with E-state index in [1.54, 1.807) is 10.4 Å². The molecule has 1 aromatic rings. The number of fused-ring (bicyclic) bond motifs is 1. The van der Waals surface area contributed by atoms with Crippen LogP contribution in [0.15, 0.2) is 0 Å². The van der Waals surface area contributed by atoms with Crippen molar-refractivity contribution in [2.24, 2.45) is 0 Å². The van der Waals surface area contributed by atoms with Crippen LogP contribution in [0.1, 0.15) is 33.8 Å². The number of aryl methyl sites for hydroxylation is 1. The molecule has 0 radical (unpaired) electrons. The Labute approximate surface area is 84.4 Å². The largest absolute Gasteiger partial charge is 0.299 e. The number of hydrogen-bond donors (Lipinski definition) is 0. The molecule has 0 N–H and O–H groups in total. The Morgan fingerprint density at radius 3 is 2.77 bits per heavy atom. The predicted octanol–water partition coefficient (Wildman–Crippen LogP) is 2.91. The van der Waals surface area contributed by atoms with Gasteiger partial charge in [0, 0.05) is 22.3 Å². The molecule has 0 bridgehead atoms. The van der Waals surface area contributed by atoms with Crippen LogP contribution in [-0.2, 0) is 6.42 Å². The van der Waals surface area contributed by atoms with Gasteiger partial charge in [-0.2, -0.15) is 0 Å². The summed E-state index contributed by atoms with van der Waals surface area (Å²) in [5.74, 6) is 0. The van der Waals surface area contributed by atoms with Crippen molar-refractivity contribution in [3.8, 4) is 0 Å². The molecular weight excluding hydrogens is 178 g/mol. The average molecular weight is 195 g/mol. The van der Waals surface area contributed by atoms with Gasteiger partial charge in [-0.3, -0.25) is 4.90 Å². The van der Waals surface area contributed by atoms with E-state index in [0.29, 0.717) is 6.04 Å². The van der Waals surface area contributed by atoms with Crippen LogP contribution in [0.3, 0.4) is 0 Å². The molecular formula is C11H17NS. The lowest BCUT2D eigenvalue weighted by molar-refractivity contribution is 0.249. The smallest absolute Gasteiger partial charge is 0.0330 e. The van der Waals surface area contributed by atoms with Crippen molar-refractivity contribution >= 4 is 11.3 Å². The van der Waals surface area contributed by atoms with Crippen LogP contribution in [0, 0.1) is 13.8 Å². The molecule has 1 aromatic heterocycles. The summed E-state index contributed by atoms with van der Waals surface area (Å²) in [6, 6.07) is 0.619. The second kappa shape index (κ2) is 3.10. The maximum absolute atomic E-state index is 2.45. The Kier molecular flexibility index (Phi) is 2.20. The second-order valence-corrected chi connectivity index (χ2v) is 5.34. The molecule has 13 heavy (non-hydrogen) atoms. The Balaban J connectivity index is 2.51. The van der Waals surface area contributed by atoms with E-state index in [-0.39, 0.29) is 0 Å². The first-order valence-electron chi connectivity index (χ1n) is 4.90. The van der Waals surface area contributed by atoms with E-state index in [2.05, 4.69) is 32.7 Å². The van der Waals surface area contributed by atoms with Crippen molar-refractivity contribution in [1.82, 2.24) is 4.90 Å². The van der Waals surface area contributed by atoms with Crippen LogP contribution >= 0.6 is 11.3 Å². The highest BCUT2D eigenvalue weighted by molar-refractivity contribution is 7.12. The lowest BCUT2D eigenvalue weighted by atomic mass is 9.97. The maximum Gasteiger partial charge on any atom is 0.0330 e. The van der Waals surface area contributed by atoms with Gasteiger partial charge in [-0.25, -0.2) is 0 Å². The van der Waals surface area contributed by atoms with Crippen LogP contribution in [0.2, 0.25) is 0 Å². The zero-order valence-electron chi connectivity index (χ0n) is 8.85. The van der Waals surface area contributed by atoms with Crippen LogP contribution in [0.4, 0.5) is 0 Å². The fourth-order valence-electron chi connectivity index (χ4n) is 2.14. The first kappa shape index (κ1) is 9.22. The Morgan fingerprint density at radius 1 is 1.38 bits per heavy atom. The average Bonchev–Trinajstić information content (AvgIpc) is 2.37. The fraction of sp³-hybridized carbons (Fsp3) is 0.636. The van der Waals surface area contributed by atoms with E-state index in [9.17, 15) is 0 Å². The van der Waals surface area contributed by atoms with E-state index in [1.807, 2.05) is 11.3 Å². The molecule has 1 aliphatic heterocycles. The van der Waals surface area contributed by atoms with Gasteiger partial charge in [-0.15, -0.1) is 11.3 Å². The summed E-state index contributed by atoms with van der Waals surface area (Å²) in [5.41, 5.74) is 3.13. The molecule has 72 valence electrons. The molecule has 0 saturated carbocycles. The summed E-state index contributed by atoms with van der Waals surface area (Å²) < 4.78 is 0. The zero-order chi connectivity index (χ0) is 9.59. The minimum Gasteiger partial charge on any atom is -0.299 e. The molecule has 1 aliphatic rings. The summed E-state index contributed by atoms with van der Waals surface area (Å²) in [5, 5.41) is 0. The van der Waals surface area contributed by atoms with Crippen LogP contribution in [-0.4, -0.2) is 18.5 Å². The van der Waals surface area contributed by atoms with Crippen molar-refractivity contribution in [2.45, 2.75) is 33.2 Å². The lowest BCUT2D eigenvalue weighted by Crippen LogP contribution is -2.29. The standard InChI is InChI=1S/C11H17NS/c1-7-9(3)13-10-5-6-12(4)8(2)11(7)10/h8H,5-6H2,1-4H3. The monoisotopic (exact) mass is 195 g/mol. The third-order valence-electron chi connectivity index (χ3n) is 3.28. The minimum absolute atomic E-state index is 0.619. The van der Waals surface area contributed by atoms with E-state index < -0.39 is 0 Å². The molecule has 2 heterocycles. The molecule has 0 spiro atoms. The fourth-order valence-corrected chi connectivity index (χ4v) is 3.40. The number of nitrogens with zero attached hydrogens (tertiary/aromatic N) is 1. The van der Waals surface area contributed by atoms with Gasteiger partial charge in [0.1, 0.15) is 0 Å². The Bertz CT molecular complexity index is 327. The van der Waals surface area contributed by atoms with Crippen molar-refractivity contribution in [2.75, 3.05) is 13.6 Å². The summed E-state index contributed by atoms with van der Waals surface area (Å²) in [4.78, 5) is 5.58. The highest BCUT2D eigenvalue weighted by Crippen LogP contribution is 2.37. The van der Waals surface area contributed by atoms with Gasteiger partial charge in [0.15, 0.2) is 0 Å². The first-order chi connectivity index (χ1) is 6.11. The summed E-state index contributed by atoms with van der Waals surface area (Å²) in [7, 11) is 2.22. The lowest BCUT2D eigenvalue weighted by Gasteiger charge is -2.30. The minimum atomic E-state index is 0.619. The number of hydrogen-bond acceptors (Lipinski definition) is 2. The van der Waals surface area contributed by atoms with Gasteiger partial charge in [-0.1, -0.05) is 0 Å². The summed E-state index contributed by atoms with van der Waals surface area (Å²) in [6.45, 7) is 8.04. The molecule has 0 amide bonds. The Morgan fingerprint density at radius 2 is 2.08 bits per heavy atom. The molecule has 0 fully saturated rings. The normalized spacial score (nSPS) is 23.2. The quantitative estimate of drug-likeness (QED) is 0.615. The van der Waals surface area contributed by atoms with Crippen molar-refractivity contribution in [1.29, 1.82) is 0 Å². The van der Waals surface area contributed by atoms with Gasteiger partial charge in [0.05, 0.1) is 0 Å². The van der Waals surface area contributed by atoms with Gasteiger partial charge in [-0.05, 0) is 45.4 Å². The molecule has 1 atom stereocenters. The molecule has 1 unspecified atom stereocenters. The molecule has 2 rings (SSSR count). The number of thiophene rings is 1. The second-order valence-electron chi connectivity index (χ2n) is 4.03. The molecule has 0 saturated heterocycles. The van der Waals surface area contributed by atoms with Crippen molar-refractivity contribution in [3.63, 3.8) is 0 Å².